The topological polar surface area (TPSA) is 228 Å². The van der Waals surface area contributed by atoms with Gasteiger partial charge in [-0.3, -0.25) is 4.79 Å². The molecule has 77 heavy (non-hydrogen) atoms. The van der Waals surface area contributed by atoms with Gasteiger partial charge in [-0.1, -0.05) is 250 Å². The highest BCUT2D eigenvalue weighted by atomic mass is 16.7. The van der Waals surface area contributed by atoms with Gasteiger partial charge in [-0.05, 0) is 44.9 Å². The van der Waals surface area contributed by atoms with Crippen LogP contribution in [0.25, 0.3) is 0 Å². The average molecular weight is 1100 g/mol. The molecule has 2 fully saturated rings. The molecule has 454 valence electrons. The van der Waals surface area contributed by atoms with Gasteiger partial charge in [-0.15, -0.1) is 0 Å². The molecule has 9 N–H and O–H groups in total. The number of amides is 1. The molecule has 14 heteroatoms. The first-order valence-corrected chi connectivity index (χ1v) is 32.1. The third kappa shape index (κ3) is 34.5. The van der Waals surface area contributed by atoms with Crippen molar-refractivity contribution >= 4 is 5.91 Å². The minimum atomic E-state index is -1.78. The highest BCUT2D eigenvalue weighted by molar-refractivity contribution is 5.76. The van der Waals surface area contributed by atoms with Crippen molar-refractivity contribution in [2.45, 2.75) is 351 Å². The van der Waals surface area contributed by atoms with Gasteiger partial charge in [0.1, 0.15) is 48.8 Å². The third-order valence-corrected chi connectivity index (χ3v) is 15.9. The van der Waals surface area contributed by atoms with Crippen LogP contribution < -0.4 is 5.32 Å². The third-order valence-electron chi connectivity index (χ3n) is 15.9. The summed E-state index contributed by atoms with van der Waals surface area (Å²) in [5.74, 6) is -0.203. The van der Waals surface area contributed by atoms with Crippen molar-refractivity contribution in [2.75, 3.05) is 19.8 Å². The molecule has 0 spiro atoms. The van der Waals surface area contributed by atoms with E-state index in [9.17, 15) is 45.6 Å². The fraction of sp³-hybridized carbons (Fsp3) is 0.921. The van der Waals surface area contributed by atoms with E-state index in [-0.39, 0.29) is 12.5 Å². The normalized spacial score (nSPS) is 24.8. The SMILES string of the molecule is CCCCCCC/C=C\C/C=C\CCCCCCCCCCCCCCCCCCCC(=O)NC(COC1OC(CO)C(OC2OC(CO)C(O)C(O)C2O)C(O)C1O)C(O)CCCCCCCCCCCCCCCC. The number of aliphatic hydroxyl groups excluding tert-OH is 8. The lowest BCUT2D eigenvalue weighted by Crippen LogP contribution is -2.65. The Morgan fingerprint density at radius 1 is 0.468 bits per heavy atom. The summed E-state index contributed by atoms with van der Waals surface area (Å²) < 4.78 is 22.9. The van der Waals surface area contributed by atoms with Gasteiger partial charge in [0.15, 0.2) is 12.6 Å². The van der Waals surface area contributed by atoms with Crippen molar-refractivity contribution in [3.05, 3.63) is 24.3 Å². The Balaban J connectivity index is 1.66. The molecule has 14 nitrogen and oxygen atoms in total. The van der Waals surface area contributed by atoms with Crippen LogP contribution in [0.3, 0.4) is 0 Å². The summed E-state index contributed by atoms with van der Waals surface area (Å²) in [4.78, 5) is 13.3. The molecule has 2 heterocycles. The number of hydrogen-bond acceptors (Lipinski definition) is 13. The Hall–Kier alpha value is -1.53. The maximum Gasteiger partial charge on any atom is 0.220 e. The van der Waals surface area contributed by atoms with Crippen LogP contribution >= 0.6 is 0 Å². The molecule has 2 aliphatic heterocycles. The van der Waals surface area contributed by atoms with Crippen LogP contribution in [0.5, 0.6) is 0 Å². The molecule has 0 aliphatic carbocycles. The summed E-state index contributed by atoms with van der Waals surface area (Å²) in [6.45, 7) is 2.87. The molecule has 0 aromatic carbocycles. The summed E-state index contributed by atoms with van der Waals surface area (Å²) in [6, 6.07) is -0.826. The lowest BCUT2D eigenvalue weighted by Gasteiger charge is -2.46. The summed E-state index contributed by atoms with van der Waals surface area (Å²) in [7, 11) is 0. The quantitative estimate of drug-likeness (QED) is 0.0204. The van der Waals surface area contributed by atoms with Crippen LogP contribution in [0, 0.1) is 0 Å². The molecule has 12 atom stereocenters. The lowest BCUT2D eigenvalue weighted by atomic mass is 9.97. The standard InChI is InChI=1S/C63H119NO13/c1-3-5-7-9-11-13-15-17-19-20-21-22-23-24-25-26-27-28-29-30-31-32-33-35-37-39-41-43-45-47-55(68)64-51(52(67)46-44-42-40-38-36-34-18-16-14-12-10-8-6-4-2)50-74-62-60(73)58(71)61(54(49-66)76-62)77-63-59(72)57(70)56(69)53(48-65)75-63/h15,17,20-21,51-54,56-63,65-67,69-73H,3-14,16,18-19,22-50H2,1-2H3,(H,64,68)/b17-15-,21-20-. The number of rotatable bonds is 52. The van der Waals surface area contributed by atoms with Gasteiger partial charge < -0.3 is 65.1 Å². The van der Waals surface area contributed by atoms with Crippen LogP contribution in [0.4, 0.5) is 0 Å². The second kappa shape index (κ2) is 49.1. The molecular formula is C63H119NO13. The maximum absolute atomic E-state index is 13.3. The molecule has 0 aromatic rings. The zero-order chi connectivity index (χ0) is 56.0. The van der Waals surface area contributed by atoms with Crippen molar-refractivity contribution in [3.8, 4) is 0 Å². The molecular weight excluding hydrogens is 979 g/mol. The molecule has 2 aliphatic rings. The van der Waals surface area contributed by atoms with Crippen LogP contribution in [0.15, 0.2) is 24.3 Å². The monoisotopic (exact) mass is 1100 g/mol. The van der Waals surface area contributed by atoms with Crippen molar-refractivity contribution in [2.24, 2.45) is 0 Å². The fourth-order valence-corrected chi connectivity index (χ4v) is 10.7. The molecule has 2 saturated heterocycles. The maximum atomic E-state index is 13.3. The lowest BCUT2D eigenvalue weighted by molar-refractivity contribution is -0.359. The van der Waals surface area contributed by atoms with E-state index in [1.54, 1.807) is 0 Å². The van der Waals surface area contributed by atoms with Gasteiger partial charge in [0.2, 0.25) is 5.91 Å². The zero-order valence-corrected chi connectivity index (χ0v) is 49.0. The molecule has 0 radical (unpaired) electrons. The van der Waals surface area contributed by atoms with Gasteiger partial charge in [0.25, 0.3) is 0 Å². The summed E-state index contributed by atoms with van der Waals surface area (Å²) in [5.41, 5.74) is 0. The van der Waals surface area contributed by atoms with E-state index in [2.05, 4.69) is 43.5 Å². The largest absolute Gasteiger partial charge is 0.394 e. The van der Waals surface area contributed by atoms with E-state index >= 15 is 0 Å². The Morgan fingerprint density at radius 3 is 1.30 bits per heavy atom. The van der Waals surface area contributed by atoms with E-state index in [0.29, 0.717) is 12.8 Å². The van der Waals surface area contributed by atoms with Crippen LogP contribution in [0.2, 0.25) is 0 Å². The molecule has 0 saturated carbocycles. The first-order valence-electron chi connectivity index (χ1n) is 32.1. The molecule has 2 rings (SSSR count). The Kier molecular flexibility index (Phi) is 45.7. The summed E-state index contributed by atoms with van der Waals surface area (Å²) >= 11 is 0. The van der Waals surface area contributed by atoms with Crippen LogP contribution in [0.1, 0.15) is 277 Å². The molecule has 1 amide bonds. The number of hydrogen-bond donors (Lipinski definition) is 9. The first-order chi connectivity index (χ1) is 37.6. The van der Waals surface area contributed by atoms with E-state index in [1.807, 2.05) is 0 Å². The van der Waals surface area contributed by atoms with Gasteiger partial charge in [-0.25, -0.2) is 0 Å². The minimum Gasteiger partial charge on any atom is -0.394 e. The first kappa shape index (κ1) is 71.6. The van der Waals surface area contributed by atoms with E-state index in [4.69, 9.17) is 18.9 Å². The van der Waals surface area contributed by atoms with E-state index < -0.39 is 86.8 Å². The summed E-state index contributed by atoms with van der Waals surface area (Å²) in [6.07, 6.45) is 41.9. The Morgan fingerprint density at radius 2 is 0.857 bits per heavy atom. The predicted octanol–water partition coefficient (Wildman–Crippen LogP) is 11.6. The number of nitrogens with one attached hydrogen (secondary N) is 1. The predicted molar refractivity (Wildman–Crippen MR) is 309 cm³/mol. The second-order valence-corrected chi connectivity index (χ2v) is 22.9. The summed E-state index contributed by atoms with van der Waals surface area (Å²) in [5, 5.41) is 87.3. The van der Waals surface area contributed by atoms with Gasteiger partial charge in [-0.2, -0.15) is 0 Å². The molecule has 12 unspecified atom stereocenters. The number of carbonyl (C=O) groups is 1. The van der Waals surface area contributed by atoms with Gasteiger partial charge in [0, 0.05) is 6.42 Å². The highest BCUT2D eigenvalue weighted by Gasteiger charge is 2.51. The number of ether oxygens (including phenoxy) is 4. The Labute approximate surface area is 468 Å². The van der Waals surface area contributed by atoms with Crippen molar-refractivity contribution < 1.29 is 64.6 Å². The number of allylic oxidation sites excluding steroid dienone is 4. The molecule has 0 aromatic heterocycles. The highest BCUT2D eigenvalue weighted by Crippen LogP contribution is 2.30. The Bertz CT molecular complexity index is 1390. The van der Waals surface area contributed by atoms with Crippen molar-refractivity contribution in [1.29, 1.82) is 0 Å². The van der Waals surface area contributed by atoms with Gasteiger partial charge >= 0.3 is 0 Å². The smallest absolute Gasteiger partial charge is 0.220 e. The number of unbranched alkanes of at least 4 members (excludes halogenated alkanes) is 35. The van der Waals surface area contributed by atoms with Gasteiger partial charge in [0.05, 0.1) is 32.0 Å². The van der Waals surface area contributed by atoms with Crippen LogP contribution in [-0.2, 0) is 23.7 Å². The fourth-order valence-electron chi connectivity index (χ4n) is 10.7. The zero-order valence-electron chi connectivity index (χ0n) is 49.0. The second-order valence-electron chi connectivity index (χ2n) is 22.9. The van der Waals surface area contributed by atoms with Crippen LogP contribution in [-0.4, -0.2) is 140 Å². The van der Waals surface area contributed by atoms with E-state index in [1.165, 1.54) is 193 Å². The van der Waals surface area contributed by atoms with Crippen molar-refractivity contribution in [1.82, 2.24) is 5.32 Å². The average Bonchev–Trinajstić information content (AvgIpc) is 3.43. The molecule has 0 bridgehead atoms. The minimum absolute atomic E-state index is 0.203. The number of carbonyl (C=O) groups excluding carboxylic acids is 1. The number of aliphatic hydroxyl groups is 8. The van der Waals surface area contributed by atoms with Crippen molar-refractivity contribution in [3.63, 3.8) is 0 Å². The van der Waals surface area contributed by atoms with E-state index in [0.717, 1.165) is 57.8 Å².